The Hall–Kier alpha value is -1.42. The summed E-state index contributed by atoms with van der Waals surface area (Å²) in [6.07, 6.45) is 4.43. The molecule has 4 heteroatoms. The number of nitrogens with zero attached hydrogens (tertiary/aromatic N) is 2. The predicted molar refractivity (Wildman–Crippen MR) is 50.6 cm³/mol. The van der Waals surface area contributed by atoms with Crippen LogP contribution in [-0.2, 0) is 9.68 Å². The molecule has 0 saturated heterocycles. The van der Waals surface area contributed by atoms with Gasteiger partial charge in [-0.25, -0.2) is 0 Å². The van der Waals surface area contributed by atoms with Crippen molar-refractivity contribution in [2.45, 2.75) is 25.7 Å². The molecular formula is C10H14N2O2. The molecule has 1 saturated carbocycles. The third-order valence-electron chi connectivity index (χ3n) is 2.64. The summed E-state index contributed by atoms with van der Waals surface area (Å²) in [5.74, 6) is 0.939. The summed E-state index contributed by atoms with van der Waals surface area (Å²) in [7, 11) is 0. The first-order valence-electron chi connectivity index (χ1n) is 4.84. The lowest BCUT2D eigenvalue weighted by Crippen LogP contribution is -2.21. The standard InChI is InChI=1S/C10H14N2O2/c1-11-13-7-9-4-3-5-10(6-9)8-14-12-2/h9-10H,3-8H2. The molecule has 0 spiro atoms. The van der Waals surface area contributed by atoms with Crippen LogP contribution in [0.5, 0.6) is 0 Å². The highest BCUT2D eigenvalue weighted by Crippen LogP contribution is 2.29. The second-order valence-corrected chi connectivity index (χ2v) is 3.67. The van der Waals surface area contributed by atoms with E-state index in [9.17, 15) is 0 Å². The van der Waals surface area contributed by atoms with Crippen LogP contribution in [0, 0.1) is 25.0 Å². The van der Waals surface area contributed by atoms with E-state index in [1.807, 2.05) is 0 Å². The Kier molecular flexibility index (Phi) is 4.64. The van der Waals surface area contributed by atoms with Crippen LogP contribution < -0.4 is 0 Å². The van der Waals surface area contributed by atoms with E-state index < -0.39 is 0 Å². The third kappa shape index (κ3) is 3.53. The zero-order chi connectivity index (χ0) is 10.2. The van der Waals surface area contributed by atoms with E-state index in [1.165, 1.54) is 0 Å². The summed E-state index contributed by atoms with van der Waals surface area (Å²) < 4.78 is 0. The van der Waals surface area contributed by atoms with Gasteiger partial charge in [-0.2, -0.15) is 22.8 Å². The Bertz CT molecular complexity index is 217. The summed E-state index contributed by atoms with van der Waals surface area (Å²) in [6, 6.07) is 0. The summed E-state index contributed by atoms with van der Waals surface area (Å²) in [4.78, 5) is 9.43. The van der Waals surface area contributed by atoms with Crippen LogP contribution in [0.4, 0.5) is 0 Å². The highest BCUT2D eigenvalue weighted by atomic mass is 16.6. The van der Waals surface area contributed by atoms with Crippen molar-refractivity contribution in [2.24, 2.45) is 11.8 Å². The average molecular weight is 194 g/mol. The molecule has 1 aliphatic carbocycles. The van der Waals surface area contributed by atoms with Gasteiger partial charge >= 0.3 is 0 Å². The molecule has 0 aromatic heterocycles. The van der Waals surface area contributed by atoms with Crippen LogP contribution in [0.3, 0.4) is 0 Å². The van der Waals surface area contributed by atoms with Gasteiger partial charge in [0.25, 0.3) is 0 Å². The lowest BCUT2D eigenvalue weighted by molar-refractivity contribution is 0.101. The maximum atomic E-state index is 6.52. The fourth-order valence-corrected chi connectivity index (χ4v) is 1.99. The lowest BCUT2D eigenvalue weighted by atomic mass is 9.82. The Morgan fingerprint density at radius 2 is 1.50 bits per heavy atom. The highest BCUT2D eigenvalue weighted by molar-refractivity contribution is 4.73. The molecule has 0 aromatic rings. The Morgan fingerprint density at radius 3 is 1.93 bits per heavy atom. The summed E-state index contributed by atoms with van der Waals surface area (Å²) in [6.45, 7) is 14.1. The Balaban J connectivity index is 2.22. The molecule has 76 valence electrons. The molecule has 2 atom stereocenters. The van der Waals surface area contributed by atoms with Gasteiger partial charge in [0.1, 0.15) is 0 Å². The van der Waals surface area contributed by atoms with Crippen LogP contribution >= 0.6 is 0 Å². The van der Waals surface area contributed by atoms with E-state index >= 15 is 0 Å². The van der Waals surface area contributed by atoms with Gasteiger partial charge in [0, 0.05) is 11.8 Å². The molecular weight excluding hydrogens is 180 g/mol. The van der Waals surface area contributed by atoms with Crippen LogP contribution in [0.2, 0.25) is 0 Å². The van der Waals surface area contributed by atoms with Crippen molar-refractivity contribution in [3.05, 3.63) is 23.2 Å². The normalized spacial score (nSPS) is 25.9. The molecule has 1 rings (SSSR count). The third-order valence-corrected chi connectivity index (χ3v) is 2.64. The van der Waals surface area contributed by atoms with Crippen molar-refractivity contribution in [3.63, 3.8) is 0 Å². The molecule has 0 radical (unpaired) electrons. The maximum Gasteiger partial charge on any atom is 0.177 e. The van der Waals surface area contributed by atoms with Crippen molar-refractivity contribution in [1.82, 2.24) is 0 Å². The topological polar surface area (TPSA) is 27.2 Å². The van der Waals surface area contributed by atoms with Gasteiger partial charge in [-0.3, -0.25) is 0 Å². The first-order chi connectivity index (χ1) is 6.86. The molecule has 14 heavy (non-hydrogen) atoms. The molecule has 1 aliphatic rings. The number of hydrogen-bond donors (Lipinski definition) is 0. The lowest BCUT2D eigenvalue weighted by Gasteiger charge is -2.24. The largest absolute Gasteiger partial charge is 0.199 e. The van der Waals surface area contributed by atoms with Crippen molar-refractivity contribution in [2.75, 3.05) is 13.2 Å². The minimum atomic E-state index is 0.470. The van der Waals surface area contributed by atoms with E-state index in [1.54, 1.807) is 0 Å². The first kappa shape index (κ1) is 10.7. The molecule has 4 nitrogen and oxygen atoms in total. The molecule has 0 aliphatic heterocycles. The van der Waals surface area contributed by atoms with Gasteiger partial charge < -0.3 is 0 Å². The minimum Gasteiger partial charge on any atom is -0.199 e. The number of rotatable bonds is 4. The van der Waals surface area contributed by atoms with Crippen molar-refractivity contribution < 1.29 is 9.68 Å². The van der Waals surface area contributed by atoms with Gasteiger partial charge in [0.05, 0.1) is 0 Å². The smallest absolute Gasteiger partial charge is 0.177 e. The van der Waals surface area contributed by atoms with E-state index in [0.29, 0.717) is 25.0 Å². The maximum absolute atomic E-state index is 6.52. The quantitative estimate of drug-likeness (QED) is 0.508. The predicted octanol–water partition coefficient (Wildman–Crippen LogP) is 2.49. The van der Waals surface area contributed by atoms with Gasteiger partial charge in [-0.1, -0.05) is 6.42 Å². The van der Waals surface area contributed by atoms with E-state index in [4.69, 9.17) is 22.8 Å². The van der Waals surface area contributed by atoms with E-state index in [0.717, 1.165) is 25.7 Å². The summed E-state index contributed by atoms with van der Waals surface area (Å²) in [5, 5.41) is 5.77. The zero-order valence-corrected chi connectivity index (χ0v) is 8.11. The second kappa shape index (κ2) is 6.10. The van der Waals surface area contributed by atoms with Crippen molar-refractivity contribution in [3.8, 4) is 0 Å². The van der Waals surface area contributed by atoms with Crippen LogP contribution in [-0.4, -0.2) is 13.2 Å². The average Bonchev–Trinajstić information content (AvgIpc) is 2.24. The van der Waals surface area contributed by atoms with Crippen LogP contribution in [0.1, 0.15) is 25.7 Å². The monoisotopic (exact) mass is 194 g/mol. The van der Waals surface area contributed by atoms with E-state index in [2.05, 4.69) is 10.0 Å². The van der Waals surface area contributed by atoms with Gasteiger partial charge in [0.15, 0.2) is 13.2 Å². The zero-order valence-electron chi connectivity index (χ0n) is 8.11. The van der Waals surface area contributed by atoms with Crippen LogP contribution in [0.25, 0.3) is 10.0 Å². The van der Waals surface area contributed by atoms with Crippen LogP contribution in [0.15, 0.2) is 0 Å². The fraction of sp³-hybridized carbons (Fsp3) is 0.800. The minimum absolute atomic E-state index is 0.470. The molecule has 0 heterocycles. The Morgan fingerprint density at radius 1 is 1.00 bits per heavy atom. The summed E-state index contributed by atoms with van der Waals surface area (Å²) in [5.41, 5.74) is 0. The summed E-state index contributed by atoms with van der Waals surface area (Å²) >= 11 is 0. The van der Waals surface area contributed by atoms with Crippen molar-refractivity contribution in [1.29, 1.82) is 0 Å². The van der Waals surface area contributed by atoms with Gasteiger partial charge in [0.2, 0.25) is 0 Å². The van der Waals surface area contributed by atoms with Crippen molar-refractivity contribution >= 4 is 0 Å². The molecule has 0 N–H and O–H groups in total. The van der Waals surface area contributed by atoms with Gasteiger partial charge in [-0.15, -0.1) is 0 Å². The highest BCUT2D eigenvalue weighted by Gasteiger charge is 2.24. The fourth-order valence-electron chi connectivity index (χ4n) is 1.99. The van der Waals surface area contributed by atoms with E-state index in [-0.39, 0.29) is 0 Å². The first-order valence-corrected chi connectivity index (χ1v) is 4.84. The SMILES string of the molecule is [C-]#[N+]OCC1CCCC(CO[N+]#[C-])C1. The molecule has 0 bridgehead atoms. The number of hydrogen-bond acceptors (Lipinski definition) is 2. The molecule has 2 unspecified atom stereocenters. The Labute approximate surface area is 84.4 Å². The molecule has 0 aromatic carbocycles. The molecule has 1 fully saturated rings. The molecule has 0 amide bonds. The van der Waals surface area contributed by atoms with Gasteiger partial charge in [-0.05, 0) is 29.3 Å². The second-order valence-electron chi connectivity index (χ2n) is 3.67.